The first-order chi connectivity index (χ1) is 11.5. The molecular formula is C18H19N5O. The van der Waals surface area contributed by atoms with E-state index in [-0.39, 0.29) is 24.3 Å². The van der Waals surface area contributed by atoms with Crippen molar-refractivity contribution in [1.29, 1.82) is 10.9 Å². The number of carbonyl (C=O) groups is 1. The lowest BCUT2D eigenvalue weighted by Gasteiger charge is -2.11. The molecule has 0 aliphatic carbocycles. The van der Waals surface area contributed by atoms with Crippen molar-refractivity contribution in [2.24, 2.45) is 5.11 Å². The molecule has 24 heavy (non-hydrogen) atoms. The minimum Gasteiger partial charge on any atom is -0.352 e. The highest BCUT2D eigenvalue weighted by molar-refractivity contribution is 6.11. The highest BCUT2D eigenvalue weighted by Gasteiger charge is 2.14. The number of amides is 1. The molecule has 0 aliphatic rings. The fraction of sp³-hybridized carbons (Fsp3) is 0.222. The van der Waals surface area contributed by atoms with Crippen molar-refractivity contribution in [3.8, 4) is 0 Å². The topological polar surface area (TPSA) is 94.1 Å². The second-order valence-corrected chi connectivity index (χ2v) is 6.02. The van der Waals surface area contributed by atoms with Crippen LogP contribution in [0, 0.1) is 10.9 Å². The highest BCUT2D eigenvalue weighted by atomic mass is 16.2. The monoisotopic (exact) mass is 321 g/mol. The van der Waals surface area contributed by atoms with Crippen LogP contribution in [-0.2, 0) is 11.3 Å². The molecule has 0 spiro atoms. The quantitative estimate of drug-likeness (QED) is 0.381. The van der Waals surface area contributed by atoms with Crippen LogP contribution in [-0.4, -0.2) is 22.4 Å². The lowest BCUT2D eigenvalue weighted by atomic mass is 10.1. The Hall–Kier alpha value is -3.02. The number of hydrogen-bond acceptors (Lipinski definition) is 3. The molecule has 3 N–H and O–H groups in total. The maximum atomic E-state index is 12.2. The molecule has 6 heteroatoms. The van der Waals surface area contributed by atoms with Crippen molar-refractivity contribution in [2.45, 2.75) is 26.4 Å². The van der Waals surface area contributed by atoms with Gasteiger partial charge in [-0.15, -0.1) is 5.11 Å². The first-order valence-corrected chi connectivity index (χ1v) is 7.78. The van der Waals surface area contributed by atoms with Crippen molar-refractivity contribution in [1.82, 2.24) is 9.88 Å². The standard InChI is InChI=1S/C18H19N5O/c1-11(2)21-17(24)10-23-15-6-4-3-5-13(15)14-9-12(18(19)22-20)7-8-16(14)23/h3-9,11,19-20H,10H2,1-2H3,(H,21,24). The van der Waals surface area contributed by atoms with E-state index in [1.165, 1.54) is 0 Å². The van der Waals surface area contributed by atoms with Gasteiger partial charge < -0.3 is 9.88 Å². The predicted molar refractivity (Wildman–Crippen MR) is 94.7 cm³/mol. The number of nitrogens with zero attached hydrogens (tertiary/aromatic N) is 2. The van der Waals surface area contributed by atoms with Gasteiger partial charge in [-0.3, -0.25) is 10.2 Å². The Balaban J connectivity index is 2.18. The number of fused-ring (bicyclic) bond motifs is 3. The average molecular weight is 321 g/mol. The number of para-hydroxylation sites is 1. The average Bonchev–Trinajstić information content (AvgIpc) is 2.87. The van der Waals surface area contributed by atoms with E-state index in [2.05, 4.69) is 10.4 Å². The zero-order chi connectivity index (χ0) is 17.3. The van der Waals surface area contributed by atoms with E-state index in [1.807, 2.05) is 54.8 Å². The van der Waals surface area contributed by atoms with Gasteiger partial charge in [0.05, 0.1) is 0 Å². The van der Waals surface area contributed by atoms with Gasteiger partial charge in [0.15, 0.2) is 5.84 Å². The second kappa shape index (κ2) is 6.23. The molecule has 3 aromatic rings. The molecule has 0 atom stereocenters. The fourth-order valence-electron chi connectivity index (χ4n) is 2.95. The molecule has 3 rings (SSSR count). The van der Waals surface area contributed by atoms with Gasteiger partial charge in [-0.05, 0) is 38.1 Å². The normalized spacial score (nSPS) is 11.1. The molecule has 0 saturated carbocycles. The van der Waals surface area contributed by atoms with Gasteiger partial charge in [-0.2, -0.15) is 0 Å². The summed E-state index contributed by atoms with van der Waals surface area (Å²) in [5.74, 6) is -0.114. The smallest absolute Gasteiger partial charge is 0.240 e. The summed E-state index contributed by atoms with van der Waals surface area (Å²) in [6, 6.07) is 13.5. The number of rotatable bonds is 4. The van der Waals surface area contributed by atoms with E-state index < -0.39 is 0 Å². The molecule has 6 nitrogen and oxygen atoms in total. The molecule has 0 bridgehead atoms. The van der Waals surface area contributed by atoms with Gasteiger partial charge in [0.1, 0.15) is 6.54 Å². The van der Waals surface area contributed by atoms with Crippen LogP contribution < -0.4 is 5.32 Å². The zero-order valence-electron chi connectivity index (χ0n) is 13.6. The van der Waals surface area contributed by atoms with Crippen LogP contribution in [0.3, 0.4) is 0 Å². The Bertz CT molecular complexity index is 955. The predicted octanol–water partition coefficient (Wildman–Crippen LogP) is 3.68. The van der Waals surface area contributed by atoms with Crippen LogP contribution in [0.2, 0.25) is 0 Å². The molecule has 0 fully saturated rings. The summed E-state index contributed by atoms with van der Waals surface area (Å²) >= 11 is 0. The van der Waals surface area contributed by atoms with Gasteiger partial charge in [-0.25, -0.2) is 5.53 Å². The van der Waals surface area contributed by atoms with E-state index >= 15 is 0 Å². The van der Waals surface area contributed by atoms with Crippen LogP contribution in [0.15, 0.2) is 47.6 Å². The summed E-state index contributed by atoms with van der Waals surface area (Å²) in [5, 5.41) is 15.8. The second-order valence-electron chi connectivity index (χ2n) is 6.02. The van der Waals surface area contributed by atoms with E-state index in [4.69, 9.17) is 10.9 Å². The Morgan fingerprint density at radius 2 is 1.88 bits per heavy atom. The third-order valence-electron chi connectivity index (χ3n) is 3.91. The SMILES string of the molecule is CC(C)NC(=O)Cn1c2ccccc2c2cc(C(=N)N=N)ccc21. The van der Waals surface area contributed by atoms with E-state index in [0.717, 1.165) is 21.8 Å². The summed E-state index contributed by atoms with van der Waals surface area (Å²) in [6.07, 6.45) is 0. The van der Waals surface area contributed by atoms with E-state index in [9.17, 15) is 4.79 Å². The molecule has 1 heterocycles. The van der Waals surface area contributed by atoms with Crippen molar-refractivity contribution in [3.05, 3.63) is 48.0 Å². The number of benzene rings is 2. The maximum absolute atomic E-state index is 12.2. The van der Waals surface area contributed by atoms with Gasteiger partial charge >= 0.3 is 0 Å². The molecule has 2 aromatic carbocycles. The first-order valence-electron chi connectivity index (χ1n) is 7.78. The summed E-state index contributed by atoms with van der Waals surface area (Å²) < 4.78 is 1.98. The number of hydrogen-bond donors (Lipinski definition) is 3. The molecule has 0 radical (unpaired) electrons. The van der Waals surface area contributed by atoms with Crippen LogP contribution in [0.4, 0.5) is 0 Å². The largest absolute Gasteiger partial charge is 0.352 e. The van der Waals surface area contributed by atoms with Crippen molar-refractivity contribution in [2.75, 3.05) is 0 Å². The lowest BCUT2D eigenvalue weighted by molar-refractivity contribution is -0.122. The molecule has 1 aromatic heterocycles. The van der Waals surface area contributed by atoms with E-state index in [0.29, 0.717) is 5.56 Å². The third kappa shape index (κ3) is 2.78. The van der Waals surface area contributed by atoms with Gasteiger partial charge in [0.2, 0.25) is 5.91 Å². The molecule has 0 unspecified atom stereocenters. The van der Waals surface area contributed by atoms with Crippen LogP contribution in [0.5, 0.6) is 0 Å². The number of aromatic nitrogens is 1. The number of nitrogens with one attached hydrogen (secondary N) is 3. The molecule has 1 amide bonds. The van der Waals surface area contributed by atoms with E-state index in [1.54, 1.807) is 6.07 Å². The minimum absolute atomic E-state index is 0.0365. The Kier molecular flexibility index (Phi) is 4.12. The van der Waals surface area contributed by atoms with Gasteiger partial charge in [0.25, 0.3) is 0 Å². The molecule has 0 saturated heterocycles. The van der Waals surface area contributed by atoms with Crippen LogP contribution >= 0.6 is 0 Å². The zero-order valence-corrected chi connectivity index (χ0v) is 13.6. The fourth-order valence-corrected chi connectivity index (χ4v) is 2.95. The Morgan fingerprint density at radius 1 is 1.17 bits per heavy atom. The Morgan fingerprint density at radius 3 is 2.58 bits per heavy atom. The third-order valence-corrected chi connectivity index (χ3v) is 3.91. The highest BCUT2D eigenvalue weighted by Crippen LogP contribution is 2.29. The minimum atomic E-state index is -0.0775. The van der Waals surface area contributed by atoms with Crippen LogP contribution in [0.25, 0.3) is 21.8 Å². The molecule has 0 aliphatic heterocycles. The first kappa shape index (κ1) is 15.9. The summed E-state index contributed by atoms with van der Waals surface area (Å²) in [4.78, 5) is 12.2. The van der Waals surface area contributed by atoms with Crippen LogP contribution in [0.1, 0.15) is 19.4 Å². The van der Waals surface area contributed by atoms with Gasteiger partial charge in [-0.1, -0.05) is 18.2 Å². The number of carbonyl (C=O) groups excluding carboxylic acids is 1. The summed E-state index contributed by atoms with van der Waals surface area (Å²) in [7, 11) is 0. The Labute approximate surface area is 139 Å². The summed E-state index contributed by atoms with van der Waals surface area (Å²) in [5.41, 5.74) is 9.51. The summed E-state index contributed by atoms with van der Waals surface area (Å²) in [6.45, 7) is 4.11. The van der Waals surface area contributed by atoms with Crippen molar-refractivity contribution >= 4 is 33.5 Å². The van der Waals surface area contributed by atoms with Crippen molar-refractivity contribution in [3.63, 3.8) is 0 Å². The number of amidine groups is 1. The molecule has 122 valence electrons. The van der Waals surface area contributed by atoms with Gasteiger partial charge in [0, 0.05) is 33.4 Å². The maximum Gasteiger partial charge on any atom is 0.240 e. The van der Waals surface area contributed by atoms with Crippen molar-refractivity contribution < 1.29 is 4.79 Å². The lowest BCUT2D eigenvalue weighted by Crippen LogP contribution is -2.33. The molecular weight excluding hydrogens is 302 g/mol.